The molecule has 0 fully saturated rings. The van der Waals surface area contributed by atoms with Crippen molar-refractivity contribution >= 4 is 17.5 Å². The molecule has 0 aliphatic rings. The summed E-state index contributed by atoms with van der Waals surface area (Å²) < 4.78 is 5.51. The summed E-state index contributed by atoms with van der Waals surface area (Å²) in [5.41, 5.74) is 0.629. The van der Waals surface area contributed by atoms with Gasteiger partial charge in [0.2, 0.25) is 0 Å². The van der Waals surface area contributed by atoms with Gasteiger partial charge in [0.05, 0.1) is 0 Å². The van der Waals surface area contributed by atoms with E-state index in [1.165, 1.54) is 0 Å². The van der Waals surface area contributed by atoms with E-state index in [1.807, 2.05) is 19.0 Å². The molecule has 0 saturated carbocycles. The molecule has 7 nitrogen and oxygen atoms in total. The van der Waals surface area contributed by atoms with Gasteiger partial charge in [0, 0.05) is 18.4 Å². The zero-order valence-corrected chi connectivity index (χ0v) is 13.8. The maximum atomic E-state index is 11.9. The van der Waals surface area contributed by atoms with E-state index in [0.717, 1.165) is 0 Å². The van der Waals surface area contributed by atoms with Crippen molar-refractivity contribution < 1.29 is 14.6 Å². The Labute approximate surface area is 141 Å². The number of rotatable bonds is 7. The number of aliphatic hydroxyl groups excluding tert-OH is 1. The molecule has 2 aromatic rings. The normalized spacial score (nSPS) is 11.8. The highest BCUT2D eigenvalue weighted by Gasteiger charge is 2.07. The SMILES string of the molecule is CN(C)C[C@@H](O)COc1ccc(NC(=O)Nc2ccccn2)cc1. The van der Waals surface area contributed by atoms with Gasteiger partial charge in [-0.3, -0.25) is 5.32 Å². The second-order valence-electron chi connectivity index (χ2n) is 5.55. The van der Waals surface area contributed by atoms with E-state index in [0.29, 0.717) is 23.8 Å². The van der Waals surface area contributed by atoms with E-state index in [1.54, 1.807) is 48.7 Å². The van der Waals surface area contributed by atoms with Gasteiger partial charge in [0.1, 0.15) is 24.3 Å². The van der Waals surface area contributed by atoms with E-state index >= 15 is 0 Å². The summed E-state index contributed by atoms with van der Waals surface area (Å²) in [6.07, 6.45) is 1.05. The highest BCUT2D eigenvalue weighted by atomic mass is 16.5. The molecule has 0 saturated heterocycles. The molecule has 0 aliphatic heterocycles. The zero-order valence-electron chi connectivity index (χ0n) is 13.8. The smallest absolute Gasteiger partial charge is 0.324 e. The third-order valence-corrected chi connectivity index (χ3v) is 3.04. The van der Waals surface area contributed by atoms with Crippen LogP contribution in [0.5, 0.6) is 5.75 Å². The number of pyridine rings is 1. The minimum absolute atomic E-state index is 0.213. The number of aromatic nitrogens is 1. The lowest BCUT2D eigenvalue weighted by molar-refractivity contribution is 0.0831. The Morgan fingerprint density at radius 1 is 1.21 bits per heavy atom. The number of hydrogen-bond acceptors (Lipinski definition) is 5. The summed E-state index contributed by atoms with van der Waals surface area (Å²) in [6, 6.07) is 11.8. The van der Waals surface area contributed by atoms with Crippen LogP contribution in [0, 0.1) is 0 Å². The fourth-order valence-electron chi connectivity index (χ4n) is 2.02. The van der Waals surface area contributed by atoms with Crippen LogP contribution >= 0.6 is 0 Å². The molecule has 128 valence electrons. The highest BCUT2D eigenvalue weighted by molar-refractivity contribution is 5.99. The van der Waals surface area contributed by atoms with Crippen LogP contribution in [0.2, 0.25) is 0 Å². The molecule has 3 N–H and O–H groups in total. The summed E-state index contributed by atoms with van der Waals surface area (Å²) in [5, 5.41) is 15.1. The zero-order chi connectivity index (χ0) is 17.4. The average molecular weight is 330 g/mol. The first-order chi connectivity index (χ1) is 11.5. The molecule has 0 unspecified atom stereocenters. The number of hydrogen-bond donors (Lipinski definition) is 3. The number of nitrogens with zero attached hydrogens (tertiary/aromatic N) is 2. The summed E-state index contributed by atoms with van der Waals surface area (Å²) >= 11 is 0. The topological polar surface area (TPSA) is 86.7 Å². The van der Waals surface area contributed by atoms with Crippen molar-refractivity contribution in [2.45, 2.75) is 6.10 Å². The first-order valence-electron chi connectivity index (χ1n) is 7.57. The van der Waals surface area contributed by atoms with E-state index in [4.69, 9.17) is 4.74 Å². The second-order valence-corrected chi connectivity index (χ2v) is 5.55. The Balaban J connectivity index is 1.80. The Morgan fingerprint density at radius 3 is 2.58 bits per heavy atom. The lowest BCUT2D eigenvalue weighted by Crippen LogP contribution is -2.30. The summed E-state index contributed by atoms with van der Waals surface area (Å²) in [5.74, 6) is 1.10. The molecule has 24 heavy (non-hydrogen) atoms. The highest BCUT2D eigenvalue weighted by Crippen LogP contribution is 2.16. The Kier molecular flexibility index (Phi) is 6.53. The van der Waals surface area contributed by atoms with Crippen LogP contribution in [0.4, 0.5) is 16.3 Å². The lowest BCUT2D eigenvalue weighted by Gasteiger charge is -2.16. The molecule has 2 amide bonds. The van der Waals surface area contributed by atoms with E-state index in [-0.39, 0.29) is 12.6 Å². The number of carbonyl (C=O) groups excluding carboxylic acids is 1. The van der Waals surface area contributed by atoms with Crippen LogP contribution in [0.15, 0.2) is 48.7 Å². The molecular weight excluding hydrogens is 308 g/mol. The standard InChI is InChI=1S/C17H22N4O3/c1-21(2)11-14(22)12-24-15-8-6-13(7-9-15)19-17(23)20-16-5-3-4-10-18-16/h3-10,14,22H,11-12H2,1-2H3,(H2,18,19,20,23)/t14-/m1/s1. The van der Waals surface area contributed by atoms with Crippen molar-refractivity contribution in [3.05, 3.63) is 48.7 Å². The first kappa shape index (κ1) is 17.7. The summed E-state index contributed by atoms with van der Waals surface area (Å²) in [4.78, 5) is 17.8. The molecule has 0 aliphatic carbocycles. The van der Waals surface area contributed by atoms with Gasteiger partial charge < -0.3 is 20.1 Å². The molecule has 0 spiro atoms. The van der Waals surface area contributed by atoms with Gasteiger partial charge in [0.15, 0.2) is 0 Å². The lowest BCUT2D eigenvalue weighted by atomic mass is 10.3. The van der Waals surface area contributed by atoms with Crippen LogP contribution < -0.4 is 15.4 Å². The summed E-state index contributed by atoms with van der Waals surface area (Å²) in [7, 11) is 3.78. The monoisotopic (exact) mass is 330 g/mol. The van der Waals surface area contributed by atoms with Crippen LogP contribution in [0.1, 0.15) is 0 Å². The molecule has 7 heteroatoms. The predicted octanol–water partition coefficient (Wildman–Crippen LogP) is 2.03. The van der Waals surface area contributed by atoms with Gasteiger partial charge in [-0.25, -0.2) is 9.78 Å². The van der Waals surface area contributed by atoms with Crippen LogP contribution in [-0.2, 0) is 0 Å². The largest absolute Gasteiger partial charge is 0.491 e. The fraction of sp³-hybridized carbons (Fsp3) is 0.294. The number of benzene rings is 1. The van der Waals surface area contributed by atoms with Crippen molar-refractivity contribution in [2.75, 3.05) is 37.9 Å². The number of aliphatic hydroxyl groups is 1. The van der Waals surface area contributed by atoms with Gasteiger partial charge in [-0.15, -0.1) is 0 Å². The number of urea groups is 1. The van der Waals surface area contributed by atoms with E-state index < -0.39 is 6.10 Å². The molecule has 0 radical (unpaired) electrons. The molecule has 1 aromatic carbocycles. The maximum absolute atomic E-state index is 11.9. The maximum Gasteiger partial charge on any atom is 0.324 e. The van der Waals surface area contributed by atoms with Gasteiger partial charge in [0.25, 0.3) is 0 Å². The predicted molar refractivity (Wildman–Crippen MR) is 93.4 cm³/mol. The molecule has 0 bridgehead atoms. The molecule has 1 atom stereocenters. The number of amides is 2. The van der Waals surface area contributed by atoms with Crippen molar-refractivity contribution in [1.29, 1.82) is 0 Å². The van der Waals surface area contributed by atoms with Crippen LogP contribution in [-0.4, -0.2) is 54.4 Å². The average Bonchev–Trinajstić information content (AvgIpc) is 2.54. The number of anilines is 2. The second kappa shape index (κ2) is 8.85. The van der Waals surface area contributed by atoms with Crippen molar-refractivity contribution in [3.8, 4) is 5.75 Å². The number of carbonyl (C=O) groups is 1. The fourth-order valence-corrected chi connectivity index (χ4v) is 2.02. The number of ether oxygens (including phenoxy) is 1. The third kappa shape index (κ3) is 6.23. The van der Waals surface area contributed by atoms with Crippen LogP contribution in [0.3, 0.4) is 0 Å². The minimum Gasteiger partial charge on any atom is -0.491 e. The van der Waals surface area contributed by atoms with Crippen molar-refractivity contribution in [1.82, 2.24) is 9.88 Å². The Bertz CT molecular complexity index is 632. The Hall–Kier alpha value is -2.64. The molecule has 1 aromatic heterocycles. The third-order valence-electron chi connectivity index (χ3n) is 3.04. The molecule has 1 heterocycles. The van der Waals surface area contributed by atoms with Crippen LogP contribution in [0.25, 0.3) is 0 Å². The molecule has 2 rings (SSSR count). The summed E-state index contributed by atoms with van der Waals surface area (Å²) in [6.45, 7) is 0.748. The van der Waals surface area contributed by atoms with Gasteiger partial charge in [-0.2, -0.15) is 0 Å². The van der Waals surface area contributed by atoms with Crippen molar-refractivity contribution in [3.63, 3.8) is 0 Å². The van der Waals surface area contributed by atoms with Gasteiger partial charge in [-0.1, -0.05) is 6.07 Å². The van der Waals surface area contributed by atoms with Gasteiger partial charge >= 0.3 is 6.03 Å². The minimum atomic E-state index is -0.554. The van der Waals surface area contributed by atoms with Crippen molar-refractivity contribution in [2.24, 2.45) is 0 Å². The van der Waals surface area contributed by atoms with E-state index in [9.17, 15) is 9.90 Å². The van der Waals surface area contributed by atoms with E-state index in [2.05, 4.69) is 15.6 Å². The quantitative estimate of drug-likeness (QED) is 0.723. The Morgan fingerprint density at radius 2 is 1.96 bits per heavy atom. The number of likely N-dealkylation sites (N-methyl/N-ethyl adjacent to an activating group) is 1. The van der Waals surface area contributed by atoms with Gasteiger partial charge in [-0.05, 0) is 50.5 Å². The first-order valence-corrected chi connectivity index (χ1v) is 7.57. The molecular formula is C17H22N4O3. The number of nitrogens with one attached hydrogen (secondary N) is 2.